The zero-order valence-electron chi connectivity index (χ0n) is 10.5. The van der Waals surface area contributed by atoms with Crippen molar-refractivity contribution in [2.24, 2.45) is 5.92 Å². The van der Waals surface area contributed by atoms with E-state index in [4.69, 9.17) is 0 Å². The molecule has 0 aromatic heterocycles. The van der Waals surface area contributed by atoms with Crippen molar-refractivity contribution in [1.82, 2.24) is 4.90 Å². The summed E-state index contributed by atoms with van der Waals surface area (Å²) in [4.78, 5) is 14.2. The number of alkyl halides is 1. The van der Waals surface area contributed by atoms with Gasteiger partial charge in [-0.15, -0.1) is 0 Å². The van der Waals surface area contributed by atoms with Crippen LogP contribution in [0.15, 0.2) is 0 Å². The standard InChI is InChI=1S/C13H24BrNO/c1-11(2)7-8-13(16)15(10-4-9-14)12-5-3-6-12/h11-12H,3-10H2,1-2H3. The molecular formula is C13H24BrNO. The van der Waals surface area contributed by atoms with Gasteiger partial charge in [-0.05, 0) is 38.0 Å². The van der Waals surface area contributed by atoms with Crippen LogP contribution in [0.25, 0.3) is 0 Å². The van der Waals surface area contributed by atoms with Crippen molar-refractivity contribution in [1.29, 1.82) is 0 Å². The molecule has 0 unspecified atom stereocenters. The Morgan fingerprint density at radius 2 is 2.12 bits per heavy atom. The Balaban J connectivity index is 2.37. The normalized spacial score (nSPS) is 16.2. The lowest BCUT2D eigenvalue weighted by molar-refractivity contribution is -0.135. The summed E-state index contributed by atoms with van der Waals surface area (Å²) in [5, 5.41) is 0.994. The molecule has 0 atom stereocenters. The van der Waals surface area contributed by atoms with Crippen LogP contribution >= 0.6 is 15.9 Å². The average Bonchev–Trinajstić information content (AvgIpc) is 2.17. The minimum absolute atomic E-state index is 0.374. The van der Waals surface area contributed by atoms with Crippen LogP contribution < -0.4 is 0 Å². The second kappa shape index (κ2) is 7.31. The van der Waals surface area contributed by atoms with Crippen molar-refractivity contribution in [2.45, 2.75) is 58.4 Å². The second-order valence-corrected chi connectivity index (χ2v) is 5.94. The summed E-state index contributed by atoms with van der Waals surface area (Å²) in [6, 6.07) is 0.554. The van der Waals surface area contributed by atoms with E-state index >= 15 is 0 Å². The Bertz CT molecular complexity index is 214. The highest BCUT2D eigenvalue weighted by Crippen LogP contribution is 2.26. The maximum Gasteiger partial charge on any atom is 0.222 e. The minimum Gasteiger partial charge on any atom is -0.340 e. The molecule has 0 saturated heterocycles. The molecule has 0 aromatic carbocycles. The Hall–Kier alpha value is -0.0500. The zero-order valence-corrected chi connectivity index (χ0v) is 12.1. The van der Waals surface area contributed by atoms with Gasteiger partial charge in [-0.3, -0.25) is 4.79 Å². The van der Waals surface area contributed by atoms with Crippen LogP contribution in [0.5, 0.6) is 0 Å². The Kier molecular flexibility index (Phi) is 6.40. The number of halogens is 1. The molecule has 16 heavy (non-hydrogen) atoms. The van der Waals surface area contributed by atoms with Gasteiger partial charge in [-0.25, -0.2) is 0 Å². The van der Waals surface area contributed by atoms with E-state index in [2.05, 4.69) is 34.7 Å². The molecule has 0 N–H and O–H groups in total. The first kappa shape index (κ1) is 14.0. The van der Waals surface area contributed by atoms with E-state index in [1.807, 2.05) is 0 Å². The number of carbonyl (C=O) groups excluding carboxylic acids is 1. The molecule has 1 fully saturated rings. The molecule has 0 aromatic rings. The predicted octanol–water partition coefficient (Wildman–Crippen LogP) is 3.59. The first-order valence-electron chi connectivity index (χ1n) is 6.50. The van der Waals surface area contributed by atoms with Crippen molar-refractivity contribution in [3.8, 4) is 0 Å². The first-order chi connectivity index (χ1) is 7.65. The molecule has 0 radical (unpaired) electrons. The van der Waals surface area contributed by atoms with Crippen molar-refractivity contribution in [3.05, 3.63) is 0 Å². The van der Waals surface area contributed by atoms with E-state index < -0.39 is 0 Å². The quantitative estimate of drug-likeness (QED) is 0.656. The number of hydrogen-bond donors (Lipinski definition) is 0. The zero-order chi connectivity index (χ0) is 12.0. The van der Waals surface area contributed by atoms with Gasteiger partial charge < -0.3 is 4.90 Å². The highest BCUT2D eigenvalue weighted by molar-refractivity contribution is 9.09. The van der Waals surface area contributed by atoms with Crippen molar-refractivity contribution < 1.29 is 4.79 Å². The maximum atomic E-state index is 12.1. The third-order valence-electron chi connectivity index (χ3n) is 3.30. The molecule has 0 aliphatic heterocycles. The number of hydrogen-bond acceptors (Lipinski definition) is 1. The van der Waals surface area contributed by atoms with Gasteiger partial charge >= 0.3 is 0 Å². The first-order valence-corrected chi connectivity index (χ1v) is 7.62. The molecule has 0 heterocycles. The van der Waals surface area contributed by atoms with Crippen molar-refractivity contribution in [2.75, 3.05) is 11.9 Å². The molecule has 0 spiro atoms. The SMILES string of the molecule is CC(C)CCC(=O)N(CCCBr)C1CCC1. The predicted molar refractivity (Wildman–Crippen MR) is 71.8 cm³/mol. The molecule has 1 saturated carbocycles. The van der Waals surface area contributed by atoms with E-state index in [-0.39, 0.29) is 0 Å². The van der Waals surface area contributed by atoms with E-state index in [1.165, 1.54) is 19.3 Å². The summed E-state index contributed by atoms with van der Waals surface area (Å²) in [6.45, 7) is 5.30. The topological polar surface area (TPSA) is 20.3 Å². The summed E-state index contributed by atoms with van der Waals surface area (Å²) >= 11 is 3.44. The van der Waals surface area contributed by atoms with Gasteiger partial charge in [0.15, 0.2) is 0 Å². The number of rotatable bonds is 7. The van der Waals surface area contributed by atoms with Crippen LogP contribution in [-0.4, -0.2) is 28.7 Å². The lowest BCUT2D eigenvalue weighted by Gasteiger charge is -2.38. The molecule has 94 valence electrons. The van der Waals surface area contributed by atoms with Crippen LogP contribution in [0.4, 0.5) is 0 Å². The third kappa shape index (κ3) is 4.44. The van der Waals surface area contributed by atoms with Gasteiger partial charge in [0.25, 0.3) is 0 Å². The Labute approximate surface area is 108 Å². The summed E-state index contributed by atoms with van der Waals surface area (Å²) in [6.07, 6.45) is 6.56. The monoisotopic (exact) mass is 289 g/mol. The maximum absolute atomic E-state index is 12.1. The van der Waals surface area contributed by atoms with Gasteiger partial charge in [0, 0.05) is 24.3 Å². The number of amides is 1. The molecule has 0 bridgehead atoms. The third-order valence-corrected chi connectivity index (χ3v) is 3.86. The largest absolute Gasteiger partial charge is 0.340 e. The van der Waals surface area contributed by atoms with E-state index in [0.717, 1.165) is 31.1 Å². The van der Waals surface area contributed by atoms with Crippen LogP contribution in [0.1, 0.15) is 52.4 Å². The van der Waals surface area contributed by atoms with Gasteiger partial charge in [-0.1, -0.05) is 29.8 Å². The molecular weight excluding hydrogens is 266 g/mol. The summed E-state index contributed by atoms with van der Waals surface area (Å²) < 4.78 is 0. The van der Waals surface area contributed by atoms with Gasteiger partial charge in [-0.2, -0.15) is 0 Å². The molecule has 2 nitrogen and oxygen atoms in total. The summed E-state index contributed by atoms with van der Waals surface area (Å²) in [7, 11) is 0. The minimum atomic E-state index is 0.374. The lowest BCUT2D eigenvalue weighted by Crippen LogP contribution is -2.44. The van der Waals surface area contributed by atoms with Crippen molar-refractivity contribution >= 4 is 21.8 Å². The fraction of sp³-hybridized carbons (Fsp3) is 0.923. The smallest absolute Gasteiger partial charge is 0.222 e. The fourth-order valence-corrected chi connectivity index (χ4v) is 2.25. The highest BCUT2D eigenvalue weighted by Gasteiger charge is 2.27. The van der Waals surface area contributed by atoms with Crippen LogP contribution in [-0.2, 0) is 4.79 Å². The molecule has 1 amide bonds. The van der Waals surface area contributed by atoms with Crippen molar-refractivity contribution in [3.63, 3.8) is 0 Å². The average molecular weight is 290 g/mol. The summed E-state index contributed by atoms with van der Waals surface area (Å²) in [5.74, 6) is 1.00. The molecule has 3 heteroatoms. The van der Waals surface area contributed by atoms with Crippen LogP contribution in [0.2, 0.25) is 0 Å². The van der Waals surface area contributed by atoms with Gasteiger partial charge in [0.05, 0.1) is 0 Å². The van der Waals surface area contributed by atoms with Gasteiger partial charge in [0.2, 0.25) is 5.91 Å². The Morgan fingerprint density at radius 3 is 2.56 bits per heavy atom. The number of carbonyl (C=O) groups is 1. The lowest BCUT2D eigenvalue weighted by atomic mass is 9.91. The van der Waals surface area contributed by atoms with Gasteiger partial charge in [0.1, 0.15) is 0 Å². The van der Waals surface area contributed by atoms with E-state index in [1.54, 1.807) is 0 Å². The summed E-state index contributed by atoms with van der Waals surface area (Å²) in [5.41, 5.74) is 0. The molecule has 1 rings (SSSR count). The highest BCUT2D eigenvalue weighted by atomic mass is 79.9. The fourth-order valence-electron chi connectivity index (χ4n) is 2.00. The van der Waals surface area contributed by atoms with Crippen LogP contribution in [0.3, 0.4) is 0 Å². The van der Waals surface area contributed by atoms with Crippen LogP contribution in [0, 0.1) is 5.92 Å². The molecule has 1 aliphatic carbocycles. The molecule has 1 aliphatic rings. The van der Waals surface area contributed by atoms with E-state index in [9.17, 15) is 4.79 Å². The van der Waals surface area contributed by atoms with E-state index in [0.29, 0.717) is 17.9 Å². The number of nitrogens with zero attached hydrogens (tertiary/aromatic N) is 1. The Morgan fingerprint density at radius 1 is 1.44 bits per heavy atom. The second-order valence-electron chi connectivity index (χ2n) is 5.15.